The fraction of sp³-hybridized carbons (Fsp3) is 0.615. The highest BCUT2D eigenvalue weighted by Gasteiger charge is 2.32. The van der Waals surface area contributed by atoms with Crippen LogP contribution in [0.1, 0.15) is 18.9 Å². The van der Waals surface area contributed by atoms with Crippen LogP contribution in [0, 0.1) is 0 Å². The number of nitrogens with zero attached hydrogens (tertiary/aromatic N) is 3. The normalized spacial score (nSPS) is 21.9. The predicted octanol–water partition coefficient (Wildman–Crippen LogP) is 3.28. The first kappa shape index (κ1) is 15.4. The zero-order valence-electron chi connectivity index (χ0n) is 11.4. The number of hydrogen-bond donors (Lipinski definition) is 0. The van der Waals surface area contributed by atoms with Gasteiger partial charge in [0.2, 0.25) is 0 Å². The molecular formula is C13H17ClF3N3. The molecule has 2 heterocycles. The van der Waals surface area contributed by atoms with Gasteiger partial charge < -0.3 is 9.80 Å². The Kier molecular flexibility index (Phi) is 4.44. The molecule has 1 aromatic rings. The van der Waals surface area contributed by atoms with Crippen LogP contribution in [-0.4, -0.2) is 42.6 Å². The van der Waals surface area contributed by atoms with E-state index in [2.05, 4.69) is 9.88 Å². The summed E-state index contributed by atoms with van der Waals surface area (Å²) in [5.74, 6) is 0.299. The Morgan fingerprint density at radius 1 is 1.30 bits per heavy atom. The van der Waals surface area contributed by atoms with Crippen LogP contribution < -0.4 is 4.90 Å². The van der Waals surface area contributed by atoms with Crippen molar-refractivity contribution < 1.29 is 13.2 Å². The van der Waals surface area contributed by atoms with Gasteiger partial charge in [-0.25, -0.2) is 4.98 Å². The molecule has 0 N–H and O–H groups in total. The molecule has 0 bridgehead atoms. The van der Waals surface area contributed by atoms with Crippen LogP contribution in [0.2, 0.25) is 5.15 Å². The molecule has 7 heteroatoms. The van der Waals surface area contributed by atoms with Crippen molar-refractivity contribution in [1.82, 2.24) is 9.88 Å². The van der Waals surface area contributed by atoms with Crippen molar-refractivity contribution in [3.8, 4) is 0 Å². The Balaban J connectivity index is 2.34. The Morgan fingerprint density at radius 2 is 2.00 bits per heavy atom. The molecule has 20 heavy (non-hydrogen) atoms. The summed E-state index contributed by atoms with van der Waals surface area (Å²) in [6.45, 7) is 4.37. The molecule has 0 aromatic carbocycles. The predicted molar refractivity (Wildman–Crippen MR) is 73.2 cm³/mol. The molecule has 3 nitrogen and oxygen atoms in total. The molecule has 1 aromatic heterocycles. The van der Waals surface area contributed by atoms with Gasteiger partial charge in [0.25, 0.3) is 0 Å². The van der Waals surface area contributed by atoms with Gasteiger partial charge in [0, 0.05) is 19.1 Å². The third-order valence-electron chi connectivity index (χ3n) is 3.45. The molecule has 1 fully saturated rings. The Labute approximate surface area is 121 Å². The fourth-order valence-electron chi connectivity index (χ4n) is 2.51. The van der Waals surface area contributed by atoms with Gasteiger partial charge in [0.1, 0.15) is 11.0 Å². The first-order valence-electron chi connectivity index (χ1n) is 6.47. The molecule has 0 radical (unpaired) electrons. The van der Waals surface area contributed by atoms with E-state index in [0.29, 0.717) is 12.4 Å². The molecule has 112 valence electrons. The first-order chi connectivity index (χ1) is 9.27. The van der Waals surface area contributed by atoms with Crippen molar-refractivity contribution in [2.24, 2.45) is 0 Å². The van der Waals surface area contributed by atoms with Crippen LogP contribution in [0.4, 0.5) is 19.0 Å². The van der Waals surface area contributed by atoms with E-state index in [0.717, 1.165) is 31.6 Å². The summed E-state index contributed by atoms with van der Waals surface area (Å²) in [5, 5.41) is -0.125. The van der Waals surface area contributed by atoms with E-state index in [-0.39, 0.29) is 11.2 Å². The van der Waals surface area contributed by atoms with Gasteiger partial charge in [-0.05, 0) is 39.1 Å². The average molecular weight is 308 g/mol. The van der Waals surface area contributed by atoms with Crippen LogP contribution in [-0.2, 0) is 6.18 Å². The number of aromatic nitrogens is 1. The second kappa shape index (κ2) is 5.77. The highest BCUT2D eigenvalue weighted by atomic mass is 35.5. The second-order valence-corrected chi connectivity index (χ2v) is 5.58. The van der Waals surface area contributed by atoms with Gasteiger partial charge >= 0.3 is 6.18 Å². The standard InChI is InChI=1S/C13H17ClF3N3/c1-9-8-19(2)4-3-5-20(9)12-7-10(13(15,16)17)6-11(14)18-12/h6-7,9H,3-5,8H2,1-2H3. The summed E-state index contributed by atoms with van der Waals surface area (Å²) in [6.07, 6.45) is -3.52. The summed E-state index contributed by atoms with van der Waals surface area (Å²) in [5.41, 5.74) is -0.752. The minimum atomic E-state index is -4.41. The smallest absolute Gasteiger partial charge is 0.353 e. The molecule has 0 spiro atoms. The monoisotopic (exact) mass is 307 g/mol. The SMILES string of the molecule is CC1CN(C)CCCN1c1cc(C(F)(F)F)cc(Cl)n1. The second-order valence-electron chi connectivity index (χ2n) is 5.19. The molecule has 1 atom stereocenters. The maximum absolute atomic E-state index is 12.8. The van der Waals surface area contributed by atoms with Crippen LogP contribution >= 0.6 is 11.6 Å². The fourth-order valence-corrected chi connectivity index (χ4v) is 2.71. The Morgan fingerprint density at radius 3 is 2.65 bits per heavy atom. The van der Waals surface area contributed by atoms with Crippen LogP contribution in [0.25, 0.3) is 0 Å². The van der Waals surface area contributed by atoms with E-state index in [1.165, 1.54) is 0 Å². The van der Waals surface area contributed by atoms with Crippen molar-refractivity contribution >= 4 is 17.4 Å². The molecule has 1 saturated heterocycles. The summed E-state index contributed by atoms with van der Waals surface area (Å²) in [6, 6.07) is 2.03. The number of hydrogen-bond acceptors (Lipinski definition) is 3. The lowest BCUT2D eigenvalue weighted by Crippen LogP contribution is -2.38. The number of alkyl halides is 3. The van der Waals surface area contributed by atoms with E-state index in [1.54, 1.807) is 0 Å². The van der Waals surface area contributed by atoms with Crippen LogP contribution in [0.3, 0.4) is 0 Å². The number of halogens is 4. The summed E-state index contributed by atoms with van der Waals surface area (Å²) in [7, 11) is 2.01. The Bertz CT molecular complexity index is 478. The van der Waals surface area contributed by atoms with E-state index in [1.807, 2.05) is 18.9 Å². The number of pyridine rings is 1. The topological polar surface area (TPSA) is 19.4 Å². The third kappa shape index (κ3) is 3.55. The third-order valence-corrected chi connectivity index (χ3v) is 3.64. The van der Waals surface area contributed by atoms with Gasteiger partial charge in [-0.15, -0.1) is 0 Å². The molecule has 0 saturated carbocycles. The van der Waals surface area contributed by atoms with E-state index >= 15 is 0 Å². The van der Waals surface area contributed by atoms with E-state index in [4.69, 9.17) is 11.6 Å². The van der Waals surface area contributed by atoms with Crippen molar-refractivity contribution in [2.75, 3.05) is 31.6 Å². The van der Waals surface area contributed by atoms with E-state index < -0.39 is 11.7 Å². The van der Waals surface area contributed by atoms with Crippen molar-refractivity contribution in [3.63, 3.8) is 0 Å². The average Bonchev–Trinajstić information content (AvgIpc) is 2.48. The molecular weight excluding hydrogens is 291 g/mol. The largest absolute Gasteiger partial charge is 0.416 e. The van der Waals surface area contributed by atoms with Gasteiger partial charge in [-0.2, -0.15) is 13.2 Å². The van der Waals surface area contributed by atoms with Gasteiger partial charge in [0.15, 0.2) is 0 Å². The number of rotatable bonds is 1. The van der Waals surface area contributed by atoms with Gasteiger partial charge in [-0.1, -0.05) is 11.6 Å². The van der Waals surface area contributed by atoms with Crippen molar-refractivity contribution in [2.45, 2.75) is 25.6 Å². The molecule has 1 aliphatic rings. The van der Waals surface area contributed by atoms with Crippen molar-refractivity contribution in [1.29, 1.82) is 0 Å². The maximum Gasteiger partial charge on any atom is 0.416 e. The van der Waals surface area contributed by atoms with Gasteiger partial charge in [-0.3, -0.25) is 0 Å². The molecule has 1 unspecified atom stereocenters. The van der Waals surface area contributed by atoms with Gasteiger partial charge in [0.05, 0.1) is 5.56 Å². The number of likely N-dealkylation sites (N-methyl/N-ethyl adjacent to an activating group) is 1. The highest BCUT2D eigenvalue weighted by Crippen LogP contribution is 2.33. The zero-order chi connectivity index (χ0) is 14.9. The summed E-state index contributed by atoms with van der Waals surface area (Å²) < 4.78 is 38.5. The highest BCUT2D eigenvalue weighted by molar-refractivity contribution is 6.29. The minimum absolute atomic E-state index is 0.0922. The van der Waals surface area contributed by atoms with E-state index in [9.17, 15) is 13.2 Å². The molecule has 1 aliphatic heterocycles. The molecule has 0 aliphatic carbocycles. The quantitative estimate of drug-likeness (QED) is 0.742. The summed E-state index contributed by atoms with van der Waals surface area (Å²) >= 11 is 5.74. The zero-order valence-corrected chi connectivity index (χ0v) is 12.2. The number of anilines is 1. The van der Waals surface area contributed by atoms with Crippen LogP contribution in [0.15, 0.2) is 12.1 Å². The first-order valence-corrected chi connectivity index (χ1v) is 6.85. The Hall–Kier alpha value is -1.01. The minimum Gasteiger partial charge on any atom is -0.353 e. The molecule has 0 amide bonds. The summed E-state index contributed by atoms with van der Waals surface area (Å²) in [4.78, 5) is 8.12. The lowest BCUT2D eigenvalue weighted by atomic mass is 10.2. The lowest BCUT2D eigenvalue weighted by molar-refractivity contribution is -0.137. The maximum atomic E-state index is 12.8. The molecule has 2 rings (SSSR count). The van der Waals surface area contributed by atoms with Crippen LogP contribution in [0.5, 0.6) is 0 Å². The lowest BCUT2D eigenvalue weighted by Gasteiger charge is -2.29. The van der Waals surface area contributed by atoms with Crippen molar-refractivity contribution in [3.05, 3.63) is 22.8 Å².